The molecule has 1 atom stereocenters. The number of fused-ring (bicyclic) bond motifs is 1. The van der Waals surface area contributed by atoms with Crippen LogP contribution in [0, 0.1) is 0 Å². The highest BCUT2D eigenvalue weighted by atomic mass is 32.2. The van der Waals surface area contributed by atoms with Gasteiger partial charge in [-0.15, -0.1) is 23.4 Å². The van der Waals surface area contributed by atoms with Crippen LogP contribution in [0.1, 0.15) is 6.92 Å². The molecule has 0 aliphatic carbocycles. The molecule has 1 aliphatic rings. The highest BCUT2D eigenvalue weighted by Crippen LogP contribution is 2.34. The lowest BCUT2D eigenvalue weighted by molar-refractivity contribution is -0.274. The number of benzene rings is 2. The van der Waals surface area contributed by atoms with Gasteiger partial charge >= 0.3 is 6.36 Å². The average Bonchev–Trinajstić information content (AvgIpc) is 3.20. The summed E-state index contributed by atoms with van der Waals surface area (Å²) in [5.74, 6) is 0.677. The van der Waals surface area contributed by atoms with Crippen molar-refractivity contribution < 1.29 is 32.2 Å². The van der Waals surface area contributed by atoms with E-state index >= 15 is 0 Å². The smallest absolute Gasteiger partial charge is 0.486 e. The Hall–Kier alpha value is -3.19. The first-order chi connectivity index (χ1) is 15.7. The number of nitrogens with zero attached hydrogens (tertiary/aromatic N) is 2. The van der Waals surface area contributed by atoms with Crippen molar-refractivity contribution in [3.63, 3.8) is 0 Å². The Morgan fingerprint density at radius 3 is 2.52 bits per heavy atom. The summed E-state index contributed by atoms with van der Waals surface area (Å²) in [7, 11) is 0. The molecule has 174 valence electrons. The lowest BCUT2D eigenvalue weighted by atomic mass is 10.2. The van der Waals surface area contributed by atoms with Crippen LogP contribution < -0.4 is 24.8 Å². The van der Waals surface area contributed by atoms with E-state index in [4.69, 9.17) is 9.47 Å². The fraction of sp³-hybridized carbons (Fsp3) is 0.250. The molecule has 3 aromatic rings. The molecular weight excluding hydrogens is 481 g/mol. The molecule has 0 spiro atoms. The number of amides is 1. The van der Waals surface area contributed by atoms with E-state index in [9.17, 15) is 18.0 Å². The number of aromatic nitrogens is 2. The summed E-state index contributed by atoms with van der Waals surface area (Å²) in [4.78, 5) is 12.6. The third-order valence-corrected chi connectivity index (χ3v) is 6.23. The van der Waals surface area contributed by atoms with E-state index in [1.54, 1.807) is 25.1 Å². The van der Waals surface area contributed by atoms with E-state index in [-0.39, 0.29) is 11.7 Å². The van der Waals surface area contributed by atoms with Gasteiger partial charge in [0.05, 0.1) is 5.25 Å². The Morgan fingerprint density at radius 2 is 1.79 bits per heavy atom. The first kappa shape index (κ1) is 23.0. The maximum Gasteiger partial charge on any atom is 0.573 e. The zero-order valence-electron chi connectivity index (χ0n) is 17.0. The number of nitrogens with one attached hydrogen (secondary N) is 2. The van der Waals surface area contributed by atoms with Gasteiger partial charge in [0.1, 0.15) is 19.0 Å². The fourth-order valence-corrected chi connectivity index (χ4v) is 4.66. The number of hydrogen-bond acceptors (Lipinski definition) is 9. The summed E-state index contributed by atoms with van der Waals surface area (Å²) in [6.07, 6.45) is -4.74. The normalized spacial score (nSPS) is 13.8. The van der Waals surface area contributed by atoms with E-state index in [0.717, 1.165) is 0 Å². The number of ether oxygens (including phenoxy) is 3. The number of carbonyl (C=O) groups is 1. The van der Waals surface area contributed by atoms with E-state index in [1.807, 2.05) is 0 Å². The summed E-state index contributed by atoms with van der Waals surface area (Å²) in [5, 5.41) is 13.8. The Balaban J connectivity index is 1.31. The molecule has 1 amide bonds. The number of rotatable bonds is 7. The van der Waals surface area contributed by atoms with Gasteiger partial charge in [-0.25, -0.2) is 0 Å². The minimum atomic E-state index is -4.74. The van der Waals surface area contributed by atoms with Crippen LogP contribution in [0.2, 0.25) is 0 Å². The standard InChI is InChI=1S/C20H17F3N4O4S2/c1-11(17(28)24-13-4-7-15-16(10-13)30-9-8-29-15)32-19-27-26-18(33-19)25-12-2-5-14(6-3-12)31-20(21,22)23/h2-7,10-11H,8-9H2,1H3,(H,24,28)(H,25,26). The number of hydrogen-bond donors (Lipinski definition) is 2. The van der Waals surface area contributed by atoms with Crippen molar-refractivity contribution >= 4 is 45.5 Å². The first-order valence-corrected chi connectivity index (χ1v) is 11.3. The SMILES string of the molecule is CC(Sc1nnc(Nc2ccc(OC(F)(F)F)cc2)s1)C(=O)Nc1ccc2c(c1)OCCO2. The zero-order valence-corrected chi connectivity index (χ0v) is 18.6. The largest absolute Gasteiger partial charge is 0.573 e. The number of halogens is 3. The van der Waals surface area contributed by atoms with Crippen molar-refractivity contribution in [2.75, 3.05) is 23.8 Å². The van der Waals surface area contributed by atoms with Gasteiger partial charge in [-0.05, 0) is 43.3 Å². The molecule has 1 aromatic heterocycles. The summed E-state index contributed by atoms with van der Waals surface area (Å²) in [6, 6.07) is 10.4. The Labute approximate surface area is 194 Å². The molecule has 1 unspecified atom stereocenters. The predicted molar refractivity (Wildman–Crippen MR) is 118 cm³/mol. The minimum Gasteiger partial charge on any atom is -0.486 e. The molecular formula is C20H17F3N4O4S2. The monoisotopic (exact) mass is 498 g/mol. The fourth-order valence-electron chi connectivity index (χ4n) is 2.74. The van der Waals surface area contributed by atoms with Crippen LogP contribution in [0.25, 0.3) is 0 Å². The predicted octanol–water partition coefficient (Wildman–Crippen LogP) is 5.07. The van der Waals surface area contributed by atoms with Crippen LogP contribution >= 0.6 is 23.1 Å². The van der Waals surface area contributed by atoms with Crippen LogP contribution in [-0.2, 0) is 4.79 Å². The maximum absolute atomic E-state index is 12.6. The maximum atomic E-state index is 12.6. The van der Waals surface area contributed by atoms with E-state index in [2.05, 4.69) is 25.6 Å². The Morgan fingerprint density at radius 1 is 1.09 bits per heavy atom. The summed E-state index contributed by atoms with van der Waals surface area (Å²) < 4.78 is 52.1. The zero-order chi connectivity index (χ0) is 23.4. The molecule has 33 heavy (non-hydrogen) atoms. The Kier molecular flexibility index (Phi) is 6.79. The molecule has 0 saturated carbocycles. The molecule has 0 bridgehead atoms. The van der Waals surface area contributed by atoms with Gasteiger partial charge in [-0.1, -0.05) is 23.1 Å². The molecule has 0 radical (unpaired) electrons. The van der Waals surface area contributed by atoms with Gasteiger partial charge < -0.3 is 24.8 Å². The van der Waals surface area contributed by atoms with Crippen LogP contribution in [0.3, 0.4) is 0 Å². The topological polar surface area (TPSA) is 94.6 Å². The van der Waals surface area contributed by atoms with Gasteiger partial charge in [0, 0.05) is 17.4 Å². The van der Waals surface area contributed by atoms with Crippen molar-refractivity contribution in [3.05, 3.63) is 42.5 Å². The summed E-state index contributed by atoms with van der Waals surface area (Å²) >= 11 is 2.45. The van der Waals surface area contributed by atoms with E-state index in [0.29, 0.717) is 45.6 Å². The lowest BCUT2D eigenvalue weighted by Crippen LogP contribution is -2.22. The van der Waals surface area contributed by atoms with Gasteiger partial charge in [-0.3, -0.25) is 4.79 Å². The molecule has 13 heteroatoms. The highest BCUT2D eigenvalue weighted by molar-refractivity contribution is 8.02. The van der Waals surface area contributed by atoms with Crippen LogP contribution in [0.4, 0.5) is 29.7 Å². The first-order valence-electron chi connectivity index (χ1n) is 9.59. The van der Waals surface area contributed by atoms with E-state index in [1.165, 1.54) is 47.4 Å². The molecule has 2 heterocycles. The molecule has 1 aliphatic heterocycles. The summed E-state index contributed by atoms with van der Waals surface area (Å²) in [5.41, 5.74) is 1.11. The number of anilines is 3. The molecule has 4 rings (SSSR count). The van der Waals surface area contributed by atoms with Crippen molar-refractivity contribution in [3.8, 4) is 17.2 Å². The van der Waals surface area contributed by atoms with Gasteiger partial charge in [-0.2, -0.15) is 0 Å². The van der Waals surface area contributed by atoms with Crippen molar-refractivity contribution in [1.29, 1.82) is 0 Å². The minimum absolute atomic E-state index is 0.221. The number of alkyl halides is 3. The quantitative estimate of drug-likeness (QED) is 0.436. The van der Waals surface area contributed by atoms with Gasteiger partial charge in [0.25, 0.3) is 0 Å². The Bertz CT molecular complexity index is 1130. The van der Waals surface area contributed by atoms with Crippen molar-refractivity contribution in [2.24, 2.45) is 0 Å². The van der Waals surface area contributed by atoms with Crippen LogP contribution in [-0.4, -0.2) is 40.9 Å². The summed E-state index contributed by atoms with van der Waals surface area (Å²) in [6.45, 7) is 2.68. The molecule has 0 fully saturated rings. The highest BCUT2D eigenvalue weighted by Gasteiger charge is 2.31. The number of carbonyl (C=O) groups excluding carboxylic acids is 1. The van der Waals surface area contributed by atoms with E-state index < -0.39 is 11.6 Å². The van der Waals surface area contributed by atoms with Gasteiger partial charge in [0.2, 0.25) is 11.0 Å². The second-order valence-corrected chi connectivity index (χ2v) is 9.24. The molecule has 8 nitrogen and oxygen atoms in total. The average molecular weight is 499 g/mol. The third kappa shape index (κ3) is 6.42. The second kappa shape index (κ2) is 9.75. The van der Waals surface area contributed by atoms with Crippen LogP contribution in [0.15, 0.2) is 46.8 Å². The molecule has 0 saturated heterocycles. The lowest BCUT2D eigenvalue weighted by Gasteiger charge is -2.19. The van der Waals surface area contributed by atoms with Crippen molar-refractivity contribution in [1.82, 2.24) is 10.2 Å². The van der Waals surface area contributed by atoms with Crippen molar-refractivity contribution in [2.45, 2.75) is 22.9 Å². The number of thioether (sulfide) groups is 1. The van der Waals surface area contributed by atoms with Gasteiger partial charge in [0.15, 0.2) is 15.8 Å². The third-order valence-electron chi connectivity index (χ3n) is 4.20. The molecule has 2 aromatic carbocycles. The second-order valence-electron chi connectivity index (χ2n) is 6.68. The van der Waals surface area contributed by atoms with Crippen LogP contribution in [0.5, 0.6) is 17.2 Å². The molecule has 2 N–H and O–H groups in total.